The zero-order valence-corrected chi connectivity index (χ0v) is 17.8. The molecule has 7 heteroatoms. The fourth-order valence-electron chi connectivity index (χ4n) is 4.52. The van der Waals surface area contributed by atoms with E-state index in [1.165, 1.54) is 11.3 Å². The summed E-state index contributed by atoms with van der Waals surface area (Å²) in [5.41, 5.74) is 4.45. The van der Waals surface area contributed by atoms with Crippen molar-refractivity contribution in [1.29, 1.82) is 0 Å². The van der Waals surface area contributed by atoms with Crippen LogP contribution in [-0.4, -0.2) is 40.5 Å². The first-order valence-electron chi connectivity index (χ1n) is 10.8. The Balaban J connectivity index is 1.18. The molecular weight excluding hydrogens is 398 g/mol. The first-order chi connectivity index (χ1) is 14.5. The molecule has 3 aliphatic rings. The van der Waals surface area contributed by atoms with Crippen molar-refractivity contribution in [2.75, 3.05) is 36.0 Å². The highest BCUT2D eigenvalue weighted by atomic mass is 32.2. The predicted molar refractivity (Wildman–Crippen MR) is 117 cm³/mol. The molecule has 158 valence electrons. The number of benzene rings is 2. The van der Waals surface area contributed by atoms with Crippen molar-refractivity contribution in [3.63, 3.8) is 0 Å². The summed E-state index contributed by atoms with van der Waals surface area (Å²) in [6.45, 7) is 2.89. The maximum Gasteiger partial charge on any atom is 0.240 e. The van der Waals surface area contributed by atoms with Gasteiger partial charge in [0.1, 0.15) is 0 Å². The minimum atomic E-state index is -3.55. The zero-order chi connectivity index (χ0) is 20.7. The van der Waals surface area contributed by atoms with Crippen molar-refractivity contribution in [3.05, 3.63) is 53.6 Å². The Hall–Kier alpha value is -2.38. The average Bonchev–Trinajstić information content (AvgIpc) is 3.39. The summed E-state index contributed by atoms with van der Waals surface area (Å²) in [5.74, 6) is 0.356. The Morgan fingerprint density at radius 3 is 2.63 bits per heavy atom. The number of anilines is 2. The zero-order valence-electron chi connectivity index (χ0n) is 17.0. The van der Waals surface area contributed by atoms with Crippen molar-refractivity contribution in [3.8, 4) is 0 Å². The van der Waals surface area contributed by atoms with Crippen molar-refractivity contribution < 1.29 is 13.2 Å². The van der Waals surface area contributed by atoms with E-state index in [1.54, 1.807) is 18.2 Å². The smallest absolute Gasteiger partial charge is 0.240 e. The van der Waals surface area contributed by atoms with E-state index in [4.69, 9.17) is 0 Å². The third-order valence-electron chi connectivity index (χ3n) is 6.33. The highest BCUT2D eigenvalue weighted by Crippen LogP contribution is 2.37. The second-order valence-electron chi connectivity index (χ2n) is 8.42. The van der Waals surface area contributed by atoms with Crippen LogP contribution in [0.1, 0.15) is 30.4 Å². The molecule has 2 aromatic carbocycles. The lowest BCUT2D eigenvalue weighted by atomic mass is 10.2. The van der Waals surface area contributed by atoms with E-state index in [2.05, 4.69) is 27.8 Å². The fourth-order valence-corrected chi connectivity index (χ4v) is 5.65. The van der Waals surface area contributed by atoms with Gasteiger partial charge in [-0.05, 0) is 67.5 Å². The third-order valence-corrected chi connectivity index (χ3v) is 7.79. The van der Waals surface area contributed by atoms with Crippen LogP contribution in [0.5, 0.6) is 0 Å². The first kappa shape index (κ1) is 19.6. The number of amides is 1. The number of fused-ring (bicyclic) bond motifs is 2. The molecule has 6 nitrogen and oxygen atoms in total. The molecule has 0 aromatic heterocycles. The number of carbonyl (C=O) groups excluding carboxylic acids is 1. The molecule has 0 bridgehead atoms. The van der Waals surface area contributed by atoms with Crippen LogP contribution in [0.3, 0.4) is 0 Å². The van der Waals surface area contributed by atoms with Gasteiger partial charge in [-0.15, -0.1) is 0 Å². The molecule has 2 aromatic rings. The topological polar surface area (TPSA) is 69.7 Å². The monoisotopic (exact) mass is 425 g/mol. The van der Waals surface area contributed by atoms with Crippen molar-refractivity contribution in [1.82, 2.24) is 4.72 Å². The molecule has 0 radical (unpaired) electrons. The number of hydrogen-bond donors (Lipinski definition) is 1. The van der Waals surface area contributed by atoms with Crippen LogP contribution in [0, 0.1) is 5.92 Å². The minimum absolute atomic E-state index is 0.170. The molecule has 0 atom stereocenters. The summed E-state index contributed by atoms with van der Waals surface area (Å²) < 4.78 is 28.3. The van der Waals surface area contributed by atoms with Gasteiger partial charge in [0.05, 0.1) is 4.90 Å². The van der Waals surface area contributed by atoms with Gasteiger partial charge in [0, 0.05) is 43.5 Å². The van der Waals surface area contributed by atoms with Crippen LogP contribution < -0.4 is 14.5 Å². The van der Waals surface area contributed by atoms with Gasteiger partial charge in [-0.3, -0.25) is 4.79 Å². The van der Waals surface area contributed by atoms with E-state index in [9.17, 15) is 13.2 Å². The third kappa shape index (κ3) is 3.72. The summed E-state index contributed by atoms with van der Waals surface area (Å²) in [5, 5.41) is 0. The Bertz CT molecular complexity index is 1080. The average molecular weight is 426 g/mol. The number of para-hydroxylation sites is 1. The highest BCUT2D eigenvalue weighted by molar-refractivity contribution is 7.89. The van der Waals surface area contributed by atoms with E-state index in [0.29, 0.717) is 19.5 Å². The van der Waals surface area contributed by atoms with Gasteiger partial charge < -0.3 is 9.80 Å². The largest absolute Gasteiger partial charge is 0.371 e. The summed E-state index contributed by atoms with van der Waals surface area (Å²) in [6.07, 6.45) is 4.47. The Morgan fingerprint density at radius 2 is 1.80 bits per heavy atom. The molecule has 0 spiro atoms. The van der Waals surface area contributed by atoms with Gasteiger partial charge in [0.25, 0.3) is 0 Å². The lowest BCUT2D eigenvalue weighted by Gasteiger charge is -2.19. The quantitative estimate of drug-likeness (QED) is 0.693. The van der Waals surface area contributed by atoms with Crippen molar-refractivity contribution in [2.24, 2.45) is 5.92 Å². The minimum Gasteiger partial charge on any atom is -0.371 e. The van der Waals surface area contributed by atoms with Gasteiger partial charge in [-0.2, -0.15) is 0 Å². The number of hydrogen-bond acceptors (Lipinski definition) is 4. The van der Waals surface area contributed by atoms with Gasteiger partial charge in [-0.25, -0.2) is 13.1 Å². The number of carbonyl (C=O) groups is 1. The second kappa shape index (κ2) is 7.71. The van der Waals surface area contributed by atoms with Crippen LogP contribution in [-0.2, 0) is 27.7 Å². The van der Waals surface area contributed by atoms with Gasteiger partial charge in [-0.1, -0.05) is 18.2 Å². The molecule has 30 heavy (non-hydrogen) atoms. The fraction of sp³-hybridized carbons (Fsp3) is 0.435. The van der Waals surface area contributed by atoms with Crippen LogP contribution in [0.25, 0.3) is 0 Å². The summed E-state index contributed by atoms with van der Waals surface area (Å²) in [4.78, 5) is 16.8. The molecule has 1 saturated carbocycles. The van der Waals surface area contributed by atoms with Crippen molar-refractivity contribution >= 4 is 27.3 Å². The van der Waals surface area contributed by atoms with Crippen LogP contribution in [0.15, 0.2) is 47.4 Å². The molecule has 1 fully saturated rings. The Kier molecular flexibility index (Phi) is 5.03. The van der Waals surface area contributed by atoms with Gasteiger partial charge in [0.2, 0.25) is 15.9 Å². The highest BCUT2D eigenvalue weighted by Gasteiger charge is 2.36. The van der Waals surface area contributed by atoms with Crippen LogP contribution in [0.2, 0.25) is 0 Å². The molecule has 2 heterocycles. The lowest BCUT2D eigenvalue weighted by Crippen LogP contribution is -2.30. The van der Waals surface area contributed by atoms with Crippen LogP contribution >= 0.6 is 0 Å². The molecule has 1 amide bonds. The predicted octanol–water partition coefficient (Wildman–Crippen LogP) is 2.72. The lowest BCUT2D eigenvalue weighted by molar-refractivity contribution is -0.119. The number of nitrogens with one attached hydrogen (secondary N) is 1. The standard InChI is InChI=1S/C23H27N3O3S/c27-23(18-6-7-18)26-15-11-19-16-20(8-9-22(19)26)30(28,29)24-12-3-13-25-14-10-17-4-1-2-5-21(17)25/h1-2,4-5,8-9,16,18,24H,3,6-7,10-15H2. The van der Waals surface area contributed by atoms with Gasteiger partial charge in [0.15, 0.2) is 0 Å². The summed E-state index contributed by atoms with van der Waals surface area (Å²) in [7, 11) is -3.55. The molecule has 1 N–H and O–H groups in total. The van der Waals surface area contributed by atoms with Crippen molar-refractivity contribution in [2.45, 2.75) is 37.0 Å². The van der Waals surface area contributed by atoms with Gasteiger partial charge >= 0.3 is 0 Å². The molecule has 5 rings (SSSR count). The van der Waals surface area contributed by atoms with E-state index in [-0.39, 0.29) is 16.7 Å². The number of rotatable bonds is 7. The SMILES string of the molecule is O=C(C1CC1)N1CCc2cc(S(=O)(=O)NCCCN3CCc4ccccc43)ccc21. The van der Waals surface area contributed by atoms with E-state index >= 15 is 0 Å². The first-order valence-corrected chi connectivity index (χ1v) is 12.3. The molecule has 0 unspecified atom stereocenters. The molecule has 1 aliphatic carbocycles. The number of sulfonamides is 1. The van der Waals surface area contributed by atoms with E-state index in [1.807, 2.05) is 11.0 Å². The van der Waals surface area contributed by atoms with Crippen LogP contribution in [0.4, 0.5) is 11.4 Å². The van der Waals surface area contributed by atoms with E-state index < -0.39 is 10.0 Å². The molecule has 2 aliphatic heterocycles. The summed E-state index contributed by atoms with van der Waals surface area (Å²) >= 11 is 0. The Morgan fingerprint density at radius 1 is 1.00 bits per heavy atom. The van der Waals surface area contributed by atoms with E-state index in [0.717, 1.165) is 50.0 Å². The maximum atomic E-state index is 12.8. The normalized spacial score (nSPS) is 17.9. The maximum absolute atomic E-state index is 12.8. The Labute approximate surface area is 177 Å². The summed E-state index contributed by atoms with van der Waals surface area (Å²) in [6, 6.07) is 13.5. The molecule has 0 saturated heterocycles. The second-order valence-corrected chi connectivity index (χ2v) is 10.2. The number of nitrogens with zero attached hydrogens (tertiary/aromatic N) is 2. The molecular formula is C23H27N3O3S.